The molecule has 0 radical (unpaired) electrons. The van der Waals surface area contributed by atoms with Crippen molar-refractivity contribution < 1.29 is 9.59 Å². The Labute approximate surface area is 189 Å². The minimum absolute atomic E-state index is 0.0663. The van der Waals surface area contributed by atoms with Crippen molar-refractivity contribution >= 4 is 34.9 Å². The Hall–Kier alpha value is -2.72. The molecule has 0 aromatic carbocycles. The van der Waals surface area contributed by atoms with Gasteiger partial charge in [0.2, 0.25) is 11.8 Å². The van der Waals surface area contributed by atoms with Crippen LogP contribution >= 0.6 is 23.1 Å². The summed E-state index contributed by atoms with van der Waals surface area (Å²) in [6, 6.07) is 7.73. The zero-order valence-electron chi connectivity index (χ0n) is 17.1. The summed E-state index contributed by atoms with van der Waals surface area (Å²) in [6.45, 7) is 1.65. The molecule has 0 aliphatic carbocycles. The molecule has 4 rings (SSSR count). The quantitative estimate of drug-likeness (QED) is 0.524. The molecule has 162 valence electrons. The summed E-state index contributed by atoms with van der Waals surface area (Å²) < 4.78 is 1.89. The van der Waals surface area contributed by atoms with E-state index in [0.717, 1.165) is 36.4 Å². The first-order chi connectivity index (χ1) is 15.2. The first-order valence-electron chi connectivity index (χ1n) is 10.2. The summed E-state index contributed by atoms with van der Waals surface area (Å²) in [5.41, 5.74) is 0.811. The number of nitrogens with zero attached hydrogens (tertiary/aromatic N) is 5. The van der Waals surface area contributed by atoms with E-state index in [4.69, 9.17) is 0 Å². The molecule has 0 bridgehead atoms. The monoisotopic (exact) mass is 456 g/mol. The third kappa shape index (κ3) is 5.71. The summed E-state index contributed by atoms with van der Waals surface area (Å²) in [7, 11) is 0. The summed E-state index contributed by atoms with van der Waals surface area (Å²) in [5.74, 6) is 0.986. The lowest BCUT2D eigenvalue weighted by Crippen LogP contribution is -2.31. The van der Waals surface area contributed by atoms with Crippen LogP contribution in [-0.2, 0) is 22.7 Å². The molecule has 0 atom stereocenters. The van der Waals surface area contributed by atoms with Gasteiger partial charge in [0.1, 0.15) is 0 Å². The normalized spacial score (nSPS) is 14.5. The van der Waals surface area contributed by atoms with E-state index >= 15 is 0 Å². The molecule has 3 aromatic heterocycles. The molecule has 1 aliphatic heterocycles. The Bertz CT molecular complexity index is 1010. The predicted molar refractivity (Wildman–Crippen MR) is 120 cm³/mol. The summed E-state index contributed by atoms with van der Waals surface area (Å²) in [6.07, 6.45) is 7.02. The summed E-state index contributed by atoms with van der Waals surface area (Å²) in [4.78, 5) is 31.9. The van der Waals surface area contributed by atoms with Gasteiger partial charge in [-0.25, -0.2) is 0 Å². The number of carbonyl (C=O) groups is 2. The van der Waals surface area contributed by atoms with Gasteiger partial charge in [0.25, 0.3) is 0 Å². The highest BCUT2D eigenvalue weighted by Gasteiger charge is 2.22. The molecular formula is C21H24N6O2S2. The van der Waals surface area contributed by atoms with Gasteiger partial charge in [-0.2, -0.15) is 0 Å². The second-order valence-corrected chi connectivity index (χ2v) is 9.19. The molecule has 10 heteroatoms. The average molecular weight is 457 g/mol. The van der Waals surface area contributed by atoms with Gasteiger partial charge in [0.15, 0.2) is 11.0 Å². The maximum atomic E-state index is 12.5. The lowest BCUT2D eigenvalue weighted by atomic mass is 10.2. The second kappa shape index (κ2) is 10.5. The fraction of sp³-hybridized carbons (Fsp3) is 0.381. The third-order valence-corrected chi connectivity index (χ3v) is 6.79. The zero-order valence-corrected chi connectivity index (χ0v) is 18.7. The molecule has 4 heterocycles. The highest BCUT2D eigenvalue weighted by atomic mass is 32.2. The molecular weight excluding hydrogens is 432 g/mol. The largest absolute Gasteiger partial charge is 0.350 e. The maximum Gasteiger partial charge on any atom is 0.230 e. The number of hydrogen-bond donors (Lipinski definition) is 1. The van der Waals surface area contributed by atoms with Gasteiger partial charge in [0.05, 0.1) is 30.7 Å². The van der Waals surface area contributed by atoms with Crippen LogP contribution in [0.2, 0.25) is 0 Å². The third-order valence-electron chi connectivity index (χ3n) is 4.98. The standard InChI is InChI=1S/C21H24N6O2S2/c28-19(23-13-17-7-5-11-30-17)15-31-21-25-24-18(27(21)16-6-4-9-22-12-16)14-26-10-3-1-2-8-20(26)29/h4-7,9,11-12H,1-3,8,10,13-15H2,(H,23,28). The lowest BCUT2D eigenvalue weighted by molar-refractivity contribution is -0.131. The topological polar surface area (TPSA) is 93.0 Å². The van der Waals surface area contributed by atoms with Crippen LogP contribution in [0.3, 0.4) is 0 Å². The summed E-state index contributed by atoms with van der Waals surface area (Å²) >= 11 is 2.94. The average Bonchev–Trinajstić information content (AvgIpc) is 3.40. The number of thioether (sulfide) groups is 1. The van der Waals surface area contributed by atoms with Crippen LogP contribution in [0.4, 0.5) is 0 Å². The Morgan fingerprint density at radius 3 is 2.94 bits per heavy atom. The van der Waals surface area contributed by atoms with Gasteiger partial charge in [0, 0.05) is 24.0 Å². The van der Waals surface area contributed by atoms with Crippen molar-refractivity contribution in [3.8, 4) is 5.69 Å². The van der Waals surface area contributed by atoms with Crippen molar-refractivity contribution in [3.63, 3.8) is 0 Å². The van der Waals surface area contributed by atoms with Gasteiger partial charge in [-0.05, 0) is 36.4 Å². The molecule has 3 aromatic rings. The Kier molecular flexibility index (Phi) is 7.31. The number of amides is 2. The first-order valence-corrected chi connectivity index (χ1v) is 12.1. The number of nitrogens with one attached hydrogen (secondary N) is 1. The van der Waals surface area contributed by atoms with E-state index in [2.05, 4.69) is 20.5 Å². The van der Waals surface area contributed by atoms with E-state index in [0.29, 0.717) is 30.5 Å². The Balaban J connectivity index is 1.48. The zero-order chi connectivity index (χ0) is 21.5. The van der Waals surface area contributed by atoms with Crippen LogP contribution in [0.5, 0.6) is 0 Å². The minimum atomic E-state index is -0.0663. The van der Waals surface area contributed by atoms with Crippen LogP contribution in [0.25, 0.3) is 5.69 Å². The molecule has 8 nitrogen and oxygen atoms in total. The highest BCUT2D eigenvalue weighted by molar-refractivity contribution is 7.99. The first kappa shape index (κ1) is 21.5. The fourth-order valence-corrected chi connectivity index (χ4v) is 4.84. The van der Waals surface area contributed by atoms with Crippen LogP contribution in [-0.4, -0.2) is 48.8 Å². The smallest absolute Gasteiger partial charge is 0.230 e. The number of hydrogen-bond acceptors (Lipinski definition) is 7. The molecule has 1 aliphatic rings. The van der Waals surface area contributed by atoms with E-state index in [1.165, 1.54) is 11.8 Å². The van der Waals surface area contributed by atoms with E-state index in [1.54, 1.807) is 23.7 Å². The van der Waals surface area contributed by atoms with Crippen molar-refractivity contribution in [1.82, 2.24) is 30.0 Å². The van der Waals surface area contributed by atoms with Crippen LogP contribution in [0.1, 0.15) is 36.4 Å². The van der Waals surface area contributed by atoms with Gasteiger partial charge in [-0.1, -0.05) is 24.2 Å². The van der Waals surface area contributed by atoms with E-state index in [-0.39, 0.29) is 17.6 Å². The molecule has 0 spiro atoms. The minimum Gasteiger partial charge on any atom is -0.350 e. The molecule has 0 saturated carbocycles. The number of thiophene rings is 1. The van der Waals surface area contributed by atoms with Crippen molar-refractivity contribution in [2.75, 3.05) is 12.3 Å². The van der Waals surface area contributed by atoms with Crippen molar-refractivity contribution in [3.05, 3.63) is 52.7 Å². The number of rotatable bonds is 8. The number of pyridine rings is 1. The number of carbonyl (C=O) groups excluding carboxylic acids is 2. The van der Waals surface area contributed by atoms with Gasteiger partial charge >= 0.3 is 0 Å². The predicted octanol–water partition coefficient (Wildman–Crippen LogP) is 3.03. The van der Waals surface area contributed by atoms with Gasteiger partial charge in [-0.15, -0.1) is 21.5 Å². The summed E-state index contributed by atoms with van der Waals surface area (Å²) in [5, 5.41) is 14.2. The Morgan fingerprint density at radius 1 is 1.19 bits per heavy atom. The molecule has 1 fully saturated rings. The van der Waals surface area contributed by atoms with E-state index < -0.39 is 0 Å². The van der Waals surface area contributed by atoms with E-state index in [9.17, 15) is 9.59 Å². The molecule has 31 heavy (non-hydrogen) atoms. The molecule has 0 unspecified atom stereocenters. The van der Waals surface area contributed by atoms with Crippen molar-refractivity contribution in [2.45, 2.75) is 43.9 Å². The molecule has 2 amide bonds. The lowest BCUT2D eigenvalue weighted by Gasteiger charge is -2.20. The number of likely N-dealkylation sites (tertiary alicyclic amines) is 1. The number of aromatic nitrogens is 4. The van der Waals surface area contributed by atoms with Gasteiger partial charge in [-0.3, -0.25) is 19.1 Å². The molecule has 1 saturated heterocycles. The van der Waals surface area contributed by atoms with Crippen molar-refractivity contribution in [1.29, 1.82) is 0 Å². The van der Waals surface area contributed by atoms with Crippen molar-refractivity contribution in [2.24, 2.45) is 0 Å². The van der Waals surface area contributed by atoms with Crippen LogP contribution in [0.15, 0.2) is 47.2 Å². The highest BCUT2D eigenvalue weighted by Crippen LogP contribution is 2.23. The Morgan fingerprint density at radius 2 is 2.13 bits per heavy atom. The van der Waals surface area contributed by atoms with Crippen LogP contribution < -0.4 is 5.32 Å². The molecule has 1 N–H and O–H groups in total. The van der Waals surface area contributed by atoms with E-state index in [1.807, 2.05) is 39.1 Å². The second-order valence-electron chi connectivity index (χ2n) is 7.22. The van der Waals surface area contributed by atoms with Gasteiger partial charge < -0.3 is 10.2 Å². The SMILES string of the molecule is O=C(CSc1nnc(CN2CCCCCC2=O)n1-c1cccnc1)NCc1cccs1. The maximum absolute atomic E-state index is 12.5. The van der Waals surface area contributed by atoms with Crippen LogP contribution in [0, 0.1) is 0 Å². The fourth-order valence-electron chi connectivity index (χ4n) is 3.40.